The van der Waals surface area contributed by atoms with Crippen LogP contribution in [0.5, 0.6) is 0 Å². The zero-order valence-corrected chi connectivity index (χ0v) is 12.0. The molecule has 1 heterocycles. The van der Waals surface area contributed by atoms with Gasteiger partial charge in [0, 0.05) is 12.6 Å². The van der Waals surface area contributed by atoms with Crippen LogP contribution in [0.4, 0.5) is 5.69 Å². The molecule has 0 spiro atoms. The molecular formula is C14H19N3O4. The van der Waals surface area contributed by atoms with Gasteiger partial charge in [-0.1, -0.05) is 32.6 Å². The maximum Gasteiger partial charge on any atom is 0.311 e. The number of carbonyl (C=O) groups is 2. The van der Waals surface area contributed by atoms with E-state index < -0.39 is 22.2 Å². The van der Waals surface area contributed by atoms with Gasteiger partial charge in [0.2, 0.25) is 5.69 Å². The van der Waals surface area contributed by atoms with Crippen molar-refractivity contribution >= 4 is 17.4 Å². The molecule has 0 aliphatic rings. The van der Waals surface area contributed by atoms with E-state index in [9.17, 15) is 19.7 Å². The maximum absolute atomic E-state index is 12.1. The quantitative estimate of drug-likeness (QED) is 0.325. The van der Waals surface area contributed by atoms with Crippen molar-refractivity contribution in [2.24, 2.45) is 5.73 Å². The molecule has 0 unspecified atom stereocenters. The van der Waals surface area contributed by atoms with Crippen molar-refractivity contribution < 1.29 is 14.5 Å². The number of ketones is 1. The second-order valence-electron chi connectivity index (χ2n) is 4.76. The first-order valence-electron chi connectivity index (χ1n) is 6.95. The van der Waals surface area contributed by atoms with Crippen molar-refractivity contribution in [3.63, 3.8) is 0 Å². The lowest BCUT2D eigenvalue weighted by atomic mass is 10.0. The SMILES string of the molecule is CCCCCCCC(=O)c1ccnc(C(N)=O)c1[N+](=O)[O-]. The Kier molecular flexibility index (Phi) is 6.45. The van der Waals surface area contributed by atoms with Crippen LogP contribution in [0.1, 0.15) is 66.3 Å². The molecule has 2 N–H and O–H groups in total. The number of nitro groups is 1. The van der Waals surface area contributed by atoms with Crippen molar-refractivity contribution in [2.75, 3.05) is 0 Å². The molecule has 0 atom stereocenters. The molecule has 1 aromatic rings. The van der Waals surface area contributed by atoms with Crippen LogP contribution in [-0.2, 0) is 0 Å². The minimum atomic E-state index is -1.01. The van der Waals surface area contributed by atoms with Crippen LogP contribution < -0.4 is 5.73 Å². The van der Waals surface area contributed by atoms with Crippen molar-refractivity contribution in [1.29, 1.82) is 0 Å². The average molecular weight is 293 g/mol. The highest BCUT2D eigenvalue weighted by atomic mass is 16.6. The van der Waals surface area contributed by atoms with Gasteiger partial charge >= 0.3 is 5.69 Å². The fraction of sp³-hybridized carbons (Fsp3) is 0.500. The van der Waals surface area contributed by atoms with Crippen LogP contribution in [0, 0.1) is 10.1 Å². The largest absolute Gasteiger partial charge is 0.364 e. The first-order chi connectivity index (χ1) is 9.99. The summed E-state index contributed by atoms with van der Waals surface area (Å²) in [4.78, 5) is 37.2. The molecule has 7 heteroatoms. The summed E-state index contributed by atoms with van der Waals surface area (Å²) < 4.78 is 0. The van der Waals surface area contributed by atoms with Gasteiger partial charge in [-0.3, -0.25) is 19.7 Å². The molecule has 21 heavy (non-hydrogen) atoms. The molecule has 0 saturated heterocycles. The molecule has 0 aliphatic heterocycles. The van der Waals surface area contributed by atoms with E-state index in [1.54, 1.807) is 0 Å². The number of unbranched alkanes of at least 4 members (excludes halogenated alkanes) is 4. The highest BCUT2D eigenvalue weighted by molar-refractivity contribution is 6.05. The molecule has 1 rings (SSSR count). The number of primary amides is 1. The topological polar surface area (TPSA) is 116 Å². The molecule has 0 aromatic carbocycles. The summed E-state index contributed by atoms with van der Waals surface area (Å²) >= 11 is 0. The summed E-state index contributed by atoms with van der Waals surface area (Å²) in [6, 6.07) is 1.26. The summed E-state index contributed by atoms with van der Waals surface area (Å²) in [5, 5.41) is 11.1. The molecule has 0 fully saturated rings. The molecule has 1 amide bonds. The summed E-state index contributed by atoms with van der Waals surface area (Å²) in [7, 11) is 0. The van der Waals surface area contributed by atoms with E-state index in [1.165, 1.54) is 12.3 Å². The van der Waals surface area contributed by atoms with Gasteiger partial charge in [0.15, 0.2) is 5.78 Å². The number of rotatable bonds is 9. The summed E-state index contributed by atoms with van der Waals surface area (Å²) in [5.74, 6) is -1.37. The van der Waals surface area contributed by atoms with Gasteiger partial charge in [-0.2, -0.15) is 0 Å². The number of Topliss-reactive ketones (excluding diaryl/α,β-unsaturated/α-hetero) is 1. The number of nitrogens with zero attached hydrogens (tertiary/aromatic N) is 2. The smallest absolute Gasteiger partial charge is 0.311 e. The Hall–Kier alpha value is -2.31. The number of aromatic nitrogens is 1. The van der Waals surface area contributed by atoms with Crippen LogP contribution in [0.3, 0.4) is 0 Å². The Morgan fingerprint density at radius 2 is 1.95 bits per heavy atom. The van der Waals surface area contributed by atoms with E-state index in [-0.39, 0.29) is 17.8 Å². The van der Waals surface area contributed by atoms with E-state index in [2.05, 4.69) is 11.9 Å². The van der Waals surface area contributed by atoms with Crippen molar-refractivity contribution in [1.82, 2.24) is 4.98 Å². The third-order valence-corrected chi connectivity index (χ3v) is 3.15. The molecule has 7 nitrogen and oxygen atoms in total. The summed E-state index contributed by atoms with van der Waals surface area (Å²) in [6.45, 7) is 2.09. The Balaban J connectivity index is 2.86. The monoisotopic (exact) mass is 293 g/mol. The average Bonchev–Trinajstić information content (AvgIpc) is 2.45. The van der Waals surface area contributed by atoms with E-state index in [4.69, 9.17) is 5.73 Å². The van der Waals surface area contributed by atoms with Crippen LogP contribution in [0.25, 0.3) is 0 Å². The van der Waals surface area contributed by atoms with Crippen LogP contribution >= 0.6 is 0 Å². The minimum Gasteiger partial charge on any atom is -0.364 e. The summed E-state index contributed by atoms with van der Waals surface area (Å²) in [5.41, 5.74) is 3.89. The van der Waals surface area contributed by atoms with Gasteiger partial charge < -0.3 is 5.73 Å². The van der Waals surface area contributed by atoms with E-state index >= 15 is 0 Å². The highest BCUT2D eigenvalue weighted by Crippen LogP contribution is 2.23. The zero-order valence-electron chi connectivity index (χ0n) is 12.0. The third kappa shape index (κ3) is 4.62. The lowest BCUT2D eigenvalue weighted by Gasteiger charge is -2.04. The molecule has 114 valence electrons. The molecule has 0 bridgehead atoms. The zero-order chi connectivity index (χ0) is 15.8. The molecule has 1 aromatic heterocycles. The third-order valence-electron chi connectivity index (χ3n) is 3.15. The first-order valence-corrected chi connectivity index (χ1v) is 6.95. The lowest BCUT2D eigenvalue weighted by molar-refractivity contribution is -0.385. The Morgan fingerprint density at radius 1 is 1.29 bits per heavy atom. The maximum atomic E-state index is 12.1. The molecule has 0 saturated carbocycles. The van der Waals surface area contributed by atoms with Crippen molar-refractivity contribution in [3.8, 4) is 0 Å². The molecular weight excluding hydrogens is 274 g/mol. The van der Waals surface area contributed by atoms with Crippen molar-refractivity contribution in [3.05, 3.63) is 33.6 Å². The fourth-order valence-corrected chi connectivity index (χ4v) is 2.07. The Bertz CT molecular complexity index is 543. The standard InChI is InChI=1S/C14H19N3O4/c1-2-3-4-5-6-7-11(18)10-8-9-16-12(14(15)19)13(10)17(20)21/h8-9H,2-7H2,1H3,(H2,15,19). The number of nitrogens with two attached hydrogens (primary N) is 1. The highest BCUT2D eigenvalue weighted by Gasteiger charge is 2.27. The number of pyridine rings is 1. The number of amides is 1. The van der Waals surface area contributed by atoms with Crippen LogP contribution in [0.2, 0.25) is 0 Å². The first kappa shape index (κ1) is 16.7. The van der Waals surface area contributed by atoms with Crippen LogP contribution in [0.15, 0.2) is 12.3 Å². The van der Waals surface area contributed by atoms with Crippen molar-refractivity contribution in [2.45, 2.75) is 45.4 Å². The van der Waals surface area contributed by atoms with E-state index in [0.29, 0.717) is 6.42 Å². The Morgan fingerprint density at radius 3 is 2.52 bits per heavy atom. The van der Waals surface area contributed by atoms with Gasteiger partial charge in [0.25, 0.3) is 5.91 Å². The van der Waals surface area contributed by atoms with Gasteiger partial charge in [0.05, 0.1) is 10.5 Å². The molecule has 0 aliphatic carbocycles. The number of hydrogen-bond donors (Lipinski definition) is 1. The number of hydrogen-bond acceptors (Lipinski definition) is 5. The summed E-state index contributed by atoms with van der Waals surface area (Å²) in [6.07, 6.45) is 6.23. The van der Waals surface area contributed by atoms with E-state index in [1.807, 2.05) is 0 Å². The van der Waals surface area contributed by atoms with Gasteiger partial charge in [-0.15, -0.1) is 0 Å². The lowest BCUT2D eigenvalue weighted by Crippen LogP contribution is -2.17. The fourth-order valence-electron chi connectivity index (χ4n) is 2.07. The predicted octanol–water partition coefficient (Wildman–Crippen LogP) is 2.63. The van der Waals surface area contributed by atoms with Gasteiger partial charge in [0.1, 0.15) is 0 Å². The van der Waals surface area contributed by atoms with Crippen LogP contribution in [-0.4, -0.2) is 21.6 Å². The normalized spacial score (nSPS) is 10.3. The minimum absolute atomic E-state index is 0.0979. The second kappa shape index (κ2) is 8.08. The van der Waals surface area contributed by atoms with Gasteiger partial charge in [-0.05, 0) is 12.5 Å². The second-order valence-corrected chi connectivity index (χ2v) is 4.76. The Labute approximate surface area is 122 Å². The number of carbonyl (C=O) groups excluding carboxylic acids is 2. The van der Waals surface area contributed by atoms with Gasteiger partial charge in [-0.25, -0.2) is 4.98 Å². The molecule has 0 radical (unpaired) electrons. The van der Waals surface area contributed by atoms with E-state index in [0.717, 1.165) is 25.7 Å². The predicted molar refractivity (Wildman–Crippen MR) is 77.1 cm³/mol.